The summed E-state index contributed by atoms with van der Waals surface area (Å²) < 4.78 is 0. The average molecular weight is 358 g/mol. The minimum Gasteiger partial charge on any atom is -0.506 e. The first-order valence-electron chi connectivity index (χ1n) is 7.55. The molecule has 128 valence electrons. The van der Waals surface area contributed by atoms with Gasteiger partial charge in [0.15, 0.2) is 0 Å². The molecule has 0 aliphatic heterocycles. The third-order valence-corrected chi connectivity index (χ3v) is 4.01. The summed E-state index contributed by atoms with van der Waals surface area (Å²) in [6, 6.07) is 11.8. The van der Waals surface area contributed by atoms with Crippen molar-refractivity contribution in [1.82, 2.24) is 9.88 Å². The number of phenolic OH excluding ortho intramolecular Hbond substituents is 1. The van der Waals surface area contributed by atoms with E-state index in [1.807, 2.05) is 24.3 Å². The molecule has 6 nitrogen and oxygen atoms in total. The molecule has 3 rings (SSSR count). The Labute approximate surface area is 149 Å². The highest BCUT2D eigenvalue weighted by atomic mass is 35.5. The second-order valence-corrected chi connectivity index (χ2v) is 6.06. The van der Waals surface area contributed by atoms with Gasteiger partial charge in [-0.25, -0.2) is 0 Å². The number of hydrogen-bond acceptors (Lipinski definition) is 3. The van der Waals surface area contributed by atoms with Crippen LogP contribution in [0.2, 0.25) is 5.02 Å². The van der Waals surface area contributed by atoms with E-state index in [2.05, 4.69) is 10.3 Å². The Morgan fingerprint density at radius 2 is 2.00 bits per heavy atom. The van der Waals surface area contributed by atoms with Gasteiger partial charge in [-0.3, -0.25) is 9.59 Å². The maximum Gasteiger partial charge on any atom is 0.256 e. The molecule has 1 heterocycles. The zero-order valence-electron chi connectivity index (χ0n) is 13.4. The van der Waals surface area contributed by atoms with Gasteiger partial charge in [-0.05, 0) is 24.3 Å². The molecule has 0 saturated carbocycles. The number of rotatable bonds is 4. The van der Waals surface area contributed by atoms with Crippen LogP contribution in [0.25, 0.3) is 10.9 Å². The van der Waals surface area contributed by atoms with Gasteiger partial charge in [-0.2, -0.15) is 0 Å². The summed E-state index contributed by atoms with van der Waals surface area (Å²) in [5, 5.41) is 13.5. The zero-order valence-corrected chi connectivity index (χ0v) is 14.2. The standard InChI is InChI=1S/C18H16ClN3O3/c1-22(10-17(24)21-15-8-11(19)6-7-16(15)23)18(25)13-9-20-14-5-3-2-4-12(13)14/h2-9,20,23H,10H2,1H3,(H,21,24). The molecule has 0 aliphatic carbocycles. The first-order chi connectivity index (χ1) is 12.0. The maximum absolute atomic E-state index is 12.6. The molecule has 0 bridgehead atoms. The first kappa shape index (κ1) is 16.9. The summed E-state index contributed by atoms with van der Waals surface area (Å²) in [4.78, 5) is 29.1. The lowest BCUT2D eigenvalue weighted by Crippen LogP contribution is -2.34. The molecule has 3 aromatic rings. The van der Waals surface area contributed by atoms with Gasteiger partial charge >= 0.3 is 0 Å². The SMILES string of the molecule is CN(CC(=O)Nc1cc(Cl)ccc1O)C(=O)c1c[nH]c2ccccc12. The number of anilines is 1. The molecular weight excluding hydrogens is 342 g/mol. The molecule has 2 aromatic carbocycles. The maximum atomic E-state index is 12.6. The number of benzene rings is 2. The number of nitrogens with zero attached hydrogens (tertiary/aromatic N) is 1. The van der Waals surface area contributed by atoms with Crippen molar-refractivity contribution in [2.75, 3.05) is 18.9 Å². The molecule has 0 radical (unpaired) electrons. The van der Waals surface area contributed by atoms with Crippen LogP contribution in [0.3, 0.4) is 0 Å². The van der Waals surface area contributed by atoms with Crippen LogP contribution in [0.4, 0.5) is 5.69 Å². The second kappa shape index (κ2) is 6.86. The second-order valence-electron chi connectivity index (χ2n) is 5.62. The molecule has 0 spiro atoms. The van der Waals surface area contributed by atoms with Crippen LogP contribution in [0, 0.1) is 0 Å². The predicted molar refractivity (Wildman–Crippen MR) is 97.0 cm³/mol. The van der Waals surface area contributed by atoms with Gasteiger partial charge in [-0.15, -0.1) is 0 Å². The molecule has 0 atom stereocenters. The van der Waals surface area contributed by atoms with Crippen LogP contribution in [0.5, 0.6) is 5.75 Å². The van der Waals surface area contributed by atoms with Crippen LogP contribution < -0.4 is 5.32 Å². The van der Waals surface area contributed by atoms with Crippen LogP contribution in [0.15, 0.2) is 48.7 Å². The normalized spacial score (nSPS) is 10.6. The van der Waals surface area contributed by atoms with Crippen molar-refractivity contribution in [1.29, 1.82) is 0 Å². The number of H-pyrrole nitrogens is 1. The summed E-state index contributed by atoms with van der Waals surface area (Å²) in [5.74, 6) is -0.806. The molecule has 0 fully saturated rings. The van der Waals surface area contributed by atoms with E-state index in [1.165, 1.54) is 23.1 Å². The van der Waals surface area contributed by atoms with Gasteiger partial charge in [0, 0.05) is 29.2 Å². The fraction of sp³-hybridized carbons (Fsp3) is 0.111. The number of halogens is 1. The highest BCUT2D eigenvalue weighted by Crippen LogP contribution is 2.26. The van der Waals surface area contributed by atoms with E-state index in [1.54, 1.807) is 13.2 Å². The summed E-state index contributed by atoms with van der Waals surface area (Å²) in [7, 11) is 1.54. The van der Waals surface area contributed by atoms with Crippen LogP contribution in [-0.2, 0) is 4.79 Å². The number of nitrogens with one attached hydrogen (secondary N) is 2. The Balaban J connectivity index is 1.71. The van der Waals surface area contributed by atoms with Gasteiger partial charge in [-0.1, -0.05) is 29.8 Å². The van der Waals surface area contributed by atoms with Crippen LogP contribution in [-0.4, -0.2) is 40.4 Å². The van der Waals surface area contributed by atoms with E-state index in [-0.39, 0.29) is 23.9 Å². The Morgan fingerprint density at radius 3 is 2.80 bits per heavy atom. The Hall–Kier alpha value is -2.99. The molecular formula is C18H16ClN3O3. The van der Waals surface area contributed by atoms with Gasteiger partial charge < -0.3 is 20.3 Å². The van der Waals surface area contributed by atoms with E-state index >= 15 is 0 Å². The number of carbonyl (C=O) groups is 2. The highest BCUT2D eigenvalue weighted by Gasteiger charge is 2.18. The highest BCUT2D eigenvalue weighted by molar-refractivity contribution is 6.31. The number of phenols is 1. The van der Waals surface area contributed by atoms with E-state index < -0.39 is 5.91 Å². The summed E-state index contributed by atoms with van der Waals surface area (Å²) in [5.41, 5.74) is 1.55. The third kappa shape index (κ3) is 3.59. The van der Waals surface area contributed by atoms with Crippen molar-refractivity contribution < 1.29 is 14.7 Å². The number of amides is 2. The molecule has 0 saturated heterocycles. The number of carbonyl (C=O) groups excluding carboxylic acids is 2. The van der Waals surface area contributed by atoms with Crippen molar-refractivity contribution >= 4 is 40.0 Å². The smallest absolute Gasteiger partial charge is 0.256 e. The molecule has 0 unspecified atom stereocenters. The monoisotopic (exact) mass is 357 g/mol. The molecule has 3 N–H and O–H groups in total. The Morgan fingerprint density at radius 1 is 1.24 bits per heavy atom. The number of aromatic nitrogens is 1. The number of aromatic amines is 1. The number of likely N-dealkylation sites (N-methyl/N-ethyl adjacent to an activating group) is 1. The largest absolute Gasteiger partial charge is 0.506 e. The van der Waals surface area contributed by atoms with E-state index in [4.69, 9.17) is 11.6 Å². The fourth-order valence-electron chi connectivity index (χ4n) is 2.54. The predicted octanol–water partition coefficient (Wildman–Crippen LogP) is 3.24. The number of aromatic hydroxyl groups is 1. The van der Waals surface area contributed by atoms with Crippen molar-refractivity contribution in [2.45, 2.75) is 0 Å². The minimum atomic E-state index is -0.437. The topological polar surface area (TPSA) is 85.4 Å². The summed E-state index contributed by atoms with van der Waals surface area (Å²) in [6.45, 7) is -0.162. The Bertz CT molecular complexity index is 952. The number of para-hydroxylation sites is 1. The van der Waals surface area contributed by atoms with Gasteiger partial charge in [0.2, 0.25) is 5.91 Å². The summed E-state index contributed by atoms with van der Waals surface area (Å²) >= 11 is 5.85. The molecule has 0 aliphatic rings. The van der Waals surface area contributed by atoms with Crippen molar-refractivity contribution in [3.8, 4) is 5.75 Å². The molecule has 25 heavy (non-hydrogen) atoms. The number of hydrogen-bond donors (Lipinski definition) is 3. The molecule has 2 amide bonds. The number of fused-ring (bicyclic) bond motifs is 1. The van der Waals surface area contributed by atoms with Crippen LogP contribution >= 0.6 is 11.6 Å². The van der Waals surface area contributed by atoms with Gasteiger partial charge in [0.1, 0.15) is 5.75 Å². The molecule has 1 aromatic heterocycles. The lowest BCUT2D eigenvalue weighted by molar-refractivity contribution is -0.116. The van der Waals surface area contributed by atoms with Crippen molar-refractivity contribution in [3.05, 3.63) is 59.2 Å². The van der Waals surface area contributed by atoms with Crippen molar-refractivity contribution in [3.63, 3.8) is 0 Å². The first-order valence-corrected chi connectivity index (χ1v) is 7.93. The fourth-order valence-corrected chi connectivity index (χ4v) is 2.71. The van der Waals surface area contributed by atoms with Gasteiger partial charge in [0.25, 0.3) is 5.91 Å². The van der Waals surface area contributed by atoms with E-state index in [0.717, 1.165) is 10.9 Å². The Kier molecular flexibility index (Phi) is 4.63. The minimum absolute atomic E-state index is 0.0941. The third-order valence-electron chi connectivity index (χ3n) is 3.78. The van der Waals surface area contributed by atoms with Crippen LogP contribution in [0.1, 0.15) is 10.4 Å². The quantitative estimate of drug-likeness (QED) is 0.626. The van der Waals surface area contributed by atoms with Crippen molar-refractivity contribution in [2.24, 2.45) is 0 Å². The van der Waals surface area contributed by atoms with E-state index in [0.29, 0.717) is 10.6 Å². The van der Waals surface area contributed by atoms with Gasteiger partial charge in [0.05, 0.1) is 17.8 Å². The summed E-state index contributed by atoms with van der Waals surface area (Å²) in [6.07, 6.45) is 1.63. The molecule has 7 heteroatoms. The van der Waals surface area contributed by atoms with E-state index in [9.17, 15) is 14.7 Å². The zero-order chi connectivity index (χ0) is 18.0. The lowest BCUT2D eigenvalue weighted by Gasteiger charge is -2.17. The average Bonchev–Trinajstić information content (AvgIpc) is 3.01. The lowest BCUT2D eigenvalue weighted by atomic mass is 10.1.